The van der Waals surface area contributed by atoms with Gasteiger partial charge in [-0.25, -0.2) is 9.97 Å². The van der Waals surface area contributed by atoms with Gasteiger partial charge in [-0.3, -0.25) is 0 Å². The summed E-state index contributed by atoms with van der Waals surface area (Å²) < 4.78 is 0. The summed E-state index contributed by atoms with van der Waals surface area (Å²) in [4.78, 5) is 8.74. The Bertz CT molecular complexity index is 419. The molecule has 108 valence electrons. The van der Waals surface area contributed by atoms with Crippen molar-refractivity contribution in [2.24, 2.45) is 0 Å². The molecule has 0 amide bonds. The molecule has 0 aliphatic carbocycles. The van der Waals surface area contributed by atoms with E-state index in [1.165, 1.54) is 0 Å². The van der Waals surface area contributed by atoms with E-state index in [1.54, 1.807) is 0 Å². The highest BCUT2D eigenvalue weighted by atomic mass is 35.5. The van der Waals surface area contributed by atoms with E-state index in [9.17, 15) is 5.11 Å². The molecule has 5 heteroatoms. The predicted octanol–water partition coefficient (Wildman–Crippen LogP) is 3.35. The maximum absolute atomic E-state index is 10.3. The molecule has 0 bridgehead atoms. The summed E-state index contributed by atoms with van der Waals surface area (Å²) in [6.07, 6.45) is 3.19. The normalized spacial score (nSPS) is 11.7. The first-order valence-corrected chi connectivity index (χ1v) is 7.32. The lowest BCUT2D eigenvalue weighted by Gasteiger charge is -2.26. The van der Waals surface area contributed by atoms with Crippen LogP contribution in [0.15, 0.2) is 0 Å². The Kier molecular flexibility index (Phi) is 6.01. The number of rotatable bonds is 7. The lowest BCUT2D eigenvalue weighted by Crippen LogP contribution is -2.35. The Morgan fingerprint density at radius 3 is 2.37 bits per heavy atom. The number of aliphatic hydroxyl groups is 1. The second-order valence-electron chi connectivity index (χ2n) is 4.94. The molecule has 0 aliphatic heterocycles. The van der Waals surface area contributed by atoms with Gasteiger partial charge in [-0.15, -0.1) is 0 Å². The van der Waals surface area contributed by atoms with Crippen LogP contribution in [-0.4, -0.2) is 27.2 Å². The zero-order valence-corrected chi connectivity index (χ0v) is 13.0. The van der Waals surface area contributed by atoms with Gasteiger partial charge >= 0.3 is 0 Å². The topological polar surface area (TPSA) is 58.0 Å². The van der Waals surface area contributed by atoms with Crippen LogP contribution in [0.2, 0.25) is 5.15 Å². The minimum Gasteiger partial charge on any atom is -0.388 e. The molecule has 0 saturated carbocycles. The van der Waals surface area contributed by atoms with Crippen molar-refractivity contribution >= 4 is 17.4 Å². The van der Waals surface area contributed by atoms with Gasteiger partial charge in [-0.1, -0.05) is 32.4 Å². The molecule has 0 spiro atoms. The number of aryl methyl sites for hydroxylation is 1. The van der Waals surface area contributed by atoms with Crippen LogP contribution < -0.4 is 5.32 Å². The molecule has 0 fully saturated rings. The average Bonchev–Trinajstić information content (AvgIpc) is 2.41. The summed E-state index contributed by atoms with van der Waals surface area (Å²) in [5.74, 6) is 1.47. The maximum atomic E-state index is 10.3. The van der Waals surface area contributed by atoms with Gasteiger partial charge in [-0.05, 0) is 26.2 Å². The fourth-order valence-electron chi connectivity index (χ4n) is 1.79. The number of hydrogen-bond acceptors (Lipinski definition) is 4. The Balaban J connectivity index is 2.88. The fourth-order valence-corrected chi connectivity index (χ4v) is 1.98. The molecular formula is C14H24ClN3O. The van der Waals surface area contributed by atoms with Crippen molar-refractivity contribution in [2.45, 2.75) is 59.0 Å². The van der Waals surface area contributed by atoms with Crippen LogP contribution >= 0.6 is 11.6 Å². The predicted molar refractivity (Wildman–Crippen MR) is 79.8 cm³/mol. The fraction of sp³-hybridized carbons (Fsp3) is 0.714. The van der Waals surface area contributed by atoms with Crippen LogP contribution in [0.3, 0.4) is 0 Å². The van der Waals surface area contributed by atoms with Crippen molar-refractivity contribution in [1.29, 1.82) is 0 Å². The van der Waals surface area contributed by atoms with Crippen molar-refractivity contribution in [2.75, 3.05) is 11.9 Å². The van der Waals surface area contributed by atoms with Gasteiger partial charge in [0.25, 0.3) is 0 Å². The lowest BCUT2D eigenvalue weighted by molar-refractivity contribution is 0.0456. The first kappa shape index (κ1) is 16.2. The van der Waals surface area contributed by atoms with Gasteiger partial charge in [-0.2, -0.15) is 0 Å². The minimum absolute atomic E-state index is 0.472. The summed E-state index contributed by atoms with van der Waals surface area (Å²) in [7, 11) is 0. The number of nitrogens with zero attached hydrogens (tertiary/aromatic N) is 2. The van der Waals surface area contributed by atoms with E-state index in [2.05, 4.69) is 22.2 Å². The van der Waals surface area contributed by atoms with Crippen molar-refractivity contribution < 1.29 is 5.11 Å². The summed E-state index contributed by atoms with van der Waals surface area (Å²) in [5, 5.41) is 14.0. The standard InChI is InChI=1S/C14H24ClN3O/c1-5-8-11-17-12(15)10(4)13(18-11)16-9-14(19,6-2)7-3/h19H,5-9H2,1-4H3,(H,16,17,18). The molecular weight excluding hydrogens is 262 g/mol. The van der Waals surface area contributed by atoms with E-state index in [0.717, 1.165) is 30.0 Å². The average molecular weight is 286 g/mol. The van der Waals surface area contributed by atoms with Crippen molar-refractivity contribution in [3.05, 3.63) is 16.5 Å². The molecule has 0 aromatic carbocycles. The van der Waals surface area contributed by atoms with Gasteiger partial charge in [0.1, 0.15) is 16.8 Å². The van der Waals surface area contributed by atoms with Gasteiger partial charge < -0.3 is 10.4 Å². The van der Waals surface area contributed by atoms with E-state index < -0.39 is 5.60 Å². The quantitative estimate of drug-likeness (QED) is 0.754. The number of nitrogens with one attached hydrogen (secondary N) is 1. The second kappa shape index (κ2) is 7.06. The second-order valence-corrected chi connectivity index (χ2v) is 5.30. The monoisotopic (exact) mass is 285 g/mol. The highest BCUT2D eigenvalue weighted by Gasteiger charge is 2.22. The van der Waals surface area contributed by atoms with Gasteiger partial charge in [0.05, 0.1) is 5.60 Å². The first-order chi connectivity index (χ1) is 8.95. The van der Waals surface area contributed by atoms with Gasteiger partial charge in [0, 0.05) is 18.5 Å². The Morgan fingerprint density at radius 2 is 1.84 bits per heavy atom. The van der Waals surface area contributed by atoms with Crippen LogP contribution in [0, 0.1) is 6.92 Å². The van der Waals surface area contributed by atoms with E-state index in [1.807, 2.05) is 20.8 Å². The van der Waals surface area contributed by atoms with E-state index in [0.29, 0.717) is 24.5 Å². The summed E-state index contributed by atoms with van der Waals surface area (Å²) in [6.45, 7) is 8.40. The summed E-state index contributed by atoms with van der Waals surface area (Å²) in [5.41, 5.74) is 0.130. The van der Waals surface area contributed by atoms with Crippen LogP contribution in [0.1, 0.15) is 51.4 Å². The third-order valence-corrected chi connectivity index (χ3v) is 3.88. The van der Waals surface area contributed by atoms with Gasteiger partial charge in [0.2, 0.25) is 0 Å². The van der Waals surface area contributed by atoms with Gasteiger partial charge in [0.15, 0.2) is 0 Å². The van der Waals surface area contributed by atoms with Crippen molar-refractivity contribution in [3.8, 4) is 0 Å². The molecule has 1 heterocycles. The molecule has 0 aliphatic rings. The number of aromatic nitrogens is 2. The molecule has 1 aromatic rings. The molecule has 0 radical (unpaired) electrons. The van der Waals surface area contributed by atoms with Crippen LogP contribution in [0.25, 0.3) is 0 Å². The number of halogens is 1. The molecule has 19 heavy (non-hydrogen) atoms. The summed E-state index contributed by atoms with van der Waals surface area (Å²) in [6, 6.07) is 0. The first-order valence-electron chi connectivity index (χ1n) is 6.95. The molecule has 2 N–H and O–H groups in total. The van der Waals surface area contributed by atoms with E-state index in [-0.39, 0.29) is 0 Å². The minimum atomic E-state index is -0.700. The molecule has 4 nitrogen and oxygen atoms in total. The highest BCUT2D eigenvalue weighted by molar-refractivity contribution is 6.30. The molecule has 1 aromatic heterocycles. The number of anilines is 1. The Labute approximate surface area is 120 Å². The number of hydrogen-bond donors (Lipinski definition) is 2. The largest absolute Gasteiger partial charge is 0.388 e. The molecule has 0 saturated heterocycles. The smallest absolute Gasteiger partial charge is 0.137 e. The van der Waals surface area contributed by atoms with E-state index in [4.69, 9.17) is 11.6 Å². The maximum Gasteiger partial charge on any atom is 0.137 e. The molecule has 0 unspecified atom stereocenters. The van der Waals surface area contributed by atoms with Crippen LogP contribution in [0.4, 0.5) is 5.82 Å². The summed E-state index contributed by atoms with van der Waals surface area (Å²) >= 11 is 6.12. The molecule has 1 rings (SSSR count). The Hall–Kier alpha value is -0.870. The third kappa shape index (κ3) is 4.32. The zero-order valence-electron chi connectivity index (χ0n) is 12.3. The van der Waals surface area contributed by atoms with Crippen LogP contribution in [0.5, 0.6) is 0 Å². The Morgan fingerprint density at radius 1 is 1.21 bits per heavy atom. The van der Waals surface area contributed by atoms with E-state index >= 15 is 0 Å². The van der Waals surface area contributed by atoms with Crippen molar-refractivity contribution in [3.63, 3.8) is 0 Å². The zero-order chi connectivity index (χ0) is 14.5. The molecule has 0 atom stereocenters. The van der Waals surface area contributed by atoms with Crippen molar-refractivity contribution in [1.82, 2.24) is 9.97 Å². The highest BCUT2D eigenvalue weighted by Crippen LogP contribution is 2.22. The lowest BCUT2D eigenvalue weighted by atomic mass is 9.97. The SMILES string of the molecule is CCCc1nc(Cl)c(C)c(NCC(O)(CC)CC)n1. The van der Waals surface area contributed by atoms with Crippen LogP contribution in [-0.2, 0) is 6.42 Å². The third-order valence-electron chi connectivity index (χ3n) is 3.51.